The molecule has 3 atom stereocenters. The van der Waals surface area contributed by atoms with E-state index in [1.54, 1.807) is 25.7 Å². The second-order valence-corrected chi connectivity index (χ2v) is 6.61. The molecule has 0 aromatic heterocycles. The zero-order chi connectivity index (χ0) is 11.8. The number of halogens is 1. The Morgan fingerprint density at radius 3 is 2.38 bits per heavy atom. The topological polar surface area (TPSA) is 80.5 Å². The summed E-state index contributed by atoms with van der Waals surface area (Å²) >= 11 is 0. The van der Waals surface area contributed by atoms with Crippen LogP contribution in [0.1, 0.15) is 20.8 Å². The molecule has 1 rings (SSSR count). The molecule has 0 bridgehead atoms. The summed E-state index contributed by atoms with van der Waals surface area (Å²) in [5, 5.41) is -0.506. The number of sulfone groups is 1. The molecule has 1 heterocycles. The highest BCUT2D eigenvalue weighted by Crippen LogP contribution is 2.19. The zero-order valence-corrected chi connectivity index (χ0v) is 11.3. The fourth-order valence-electron chi connectivity index (χ4n) is 1.74. The molecule has 7 heteroatoms. The highest BCUT2D eigenvalue weighted by atomic mass is 35.5. The minimum atomic E-state index is -3.04. The molecule has 0 saturated carbocycles. The lowest BCUT2D eigenvalue weighted by molar-refractivity contribution is -0.134. The molecule has 0 aromatic rings. The molecule has 1 fully saturated rings. The van der Waals surface area contributed by atoms with Gasteiger partial charge in [-0.2, -0.15) is 0 Å². The highest BCUT2D eigenvalue weighted by molar-refractivity contribution is 7.92. The van der Waals surface area contributed by atoms with Crippen LogP contribution in [0.15, 0.2) is 0 Å². The molecule has 1 amide bonds. The Morgan fingerprint density at radius 2 is 1.94 bits per heavy atom. The van der Waals surface area contributed by atoms with Crippen molar-refractivity contribution in [3.05, 3.63) is 0 Å². The molecule has 2 N–H and O–H groups in total. The monoisotopic (exact) mass is 270 g/mol. The van der Waals surface area contributed by atoms with E-state index in [0.717, 1.165) is 0 Å². The van der Waals surface area contributed by atoms with E-state index in [4.69, 9.17) is 5.73 Å². The van der Waals surface area contributed by atoms with E-state index in [0.29, 0.717) is 0 Å². The summed E-state index contributed by atoms with van der Waals surface area (Å²) in [6.45, 7) is 5.26. The Hall–Kier alpha value is -0.330. The van der Waals surface area contributed by atoms with Crippen LogP contribution in [0.3, 0.4) is 0 Å². The minimum absolute atomic E-state index is 0. The SMILES string of the molecule is CC(N)C(=O)N1CCS(=O)(=O)C(C)C1C.Cl. The van der Waals surface area contributed by atoms with Crippen LogP contribution in [-0.2, 0) is 14.6 Å². The highest BCUT2D eigenvalue weighted by Gasteiger charge is 2.38. The predicted octanol–water partition coefficient (Wildman–Crippen LogP) is -0.211. The van der Waals surface area contributed by atoms with Crippen molar-refractivity contribution in [2.24, 2.45) is 5.73 Å². The Kier molecular flexibility index (Phi) is 5.22. The van der Waals surface area contributed by atoms with Gasteiger partial charge in [0.25, 0.3) is 0 Å². The number of rotatable bonds is 1. The van der Waals surface area contributed by atoms with Crippen molar-refractivity contribution in [1.29, 1.82) is 0 Å². The summed E-state index contributed by atoms with van der Waals surface area (Å²) in [5.74, 6) is -0.138. The average Bonchev–Trinajstić information content (AvgIpc) is 2.14. The van der Waals surface area contributed by atoms with Crippen molar-refractivity contribution in [1.82, 2.24) is 4.90 Å². The van der Waals surface area contributed by atoms with Crippen molar-refractivity contribution in [2.75, 3.05) is 12.3 Å². The minimum Gasteiger partial charge on any atom is -0.336 e. The van der Waals surface area contributed by atoms with Gasteiger partial charge >= 0.3 is 0 Å². The third-order valence-corrected chi connectivity index (χ3v) is 5.31. The number of carbonyl (C=O) groups excluding carboxylic acids is 1. The molecule has 3 unspecified atom stereocenters. The summed E-state index contributed by atoms with van der Waals surface area (Å²) in [6, 6.07) is -0.859. The molecule has 16 heavy (non-hydrogen) atoms. The predicted molar refractivity (Wildman–Crippen MR) is 65.3 cm³/mol. The molecule has 0 radical (unpaired) electrons. The standard InChI is InChI=1S/C9H18N2O3S.ClH/c1-6(10)9(12)11-4-5-15(13,14)8(3)7(11)2;/h6-8H,4-5,10H2,1-3H3;1H. The molecule has 0 aromatic carbocycles. The van der Waals surface area contributed by atoms with Gasteiger partial charge in [-0.15, -0.1) is 12.4 Å². The fraction of sp³-hybridized carbons (Fsp3) is 0.889. The number of nitrogens with zero attached hydrogens (tertiary/aromatic N) is 1. The fourth-order valence-corrected chi connectivity index (χ4v) is 3.31. The van der Waals surface area contributed by atoms with Gasteiger partial charge in [-0.3, -0.25) is 4.79 Å². The van der Waals surface area contributed by atoms with Crippen molar-refractivity contribution < 1.29 is 13.2 Å². The van der Waals surface area contributed by atoms with E-state index >= 15 is 0 Å². The van der Waals surface area contributed by atoms with Gasteiger partial charge in [-0.25, -0.2) is 8.42 Å². The quantitative estimate of drug-likeness (QED) is 0.715. The summed E-state index contributed by atoms with van der Waals surface area (Å²) in [6.07, 6.45) is 0. The van der Waals surface area contributed by atoms with Crippen molar-refractivity contribution >= 4 is 28.2 Å². The van der Waals surface area contributed by atoms with Gasteiger partial charge in [0.1, 0.15) is 0 Å². The van der Waals surface area contributed by atoms with E-state index < -0.39 is 21.1 Å². The van der Waals surface area contributed by atoms with Gasteiger partial charge in [0.05, 0.1) is 17.0 Å². The van der Waals surface area contributed by atoms with Crippen LogP contribution in [0.4, 0.5) is 0 Å². The Balaban J connectivity index is 0.00000225. The number of nitrogens with two attached hydrogens (primary N) is 1. The summed E-state index contributed by atoms with van der Waals surface area (Å²) in [5.41, 5.74) is 5.50. The van der Waals surface area contributed by atoms with Gasteiger partial charge in [0, 0.05) is 12.6 Å². The lowest BCUT2D eigenvalue weighted by Gasteiger charge is -2.38. The second-order valence-electron chi connectivity index (χ2n) is 4.13. The van der Waals surface area contributed by atoms with Crippen LogP contribution in [0.5, 0.6) is 0 Å². The molecular weight excluding hydrogens is 252 g/mol. The first-order valence-corrected chi connectivity index (χ1v) is 6.76. The third kappa shape index (κ3) is 2.87. The van der Waals surface area contributed by atoms with Gasteiger partial charge in [-0.05, 0) is 20.8 Å². The number of carbonyl (C=O) groups is 1. The van der Waals surface area contributed by atoms with Crippen LogP contribution in [-0.4, -0.2) is 48.9 Å². The normalized spacial score (nSPS) is 30.4. The Bertz CT molecular complexity index is 356. The number of amides is 1. The number of hydrogen-bond donors (Lipinski definition) is 1. The Labute approximate surface area is 103 Å². The first kappa shape index (κ1) is 15.7. The van der Waals surface area contributed by atoms with E-state index in [2.05, 4.69) is 0 Å². The van der Waals surface area contributed by atoms with Crippen molar-refractivity contribution in [3.63, 3.8) is 0 Å². The van der Waals surface area contributed by atoms with Crippen molar-refractivity contribution in [3.8, 4) is 0 Å². The second kappa shape index (κ2) is 5.33. The molecule has 0 aliphatic carbocycles. The van der Waals surface area contributed by atoms with Gasteiger partial charge < -0.3 is 10.6 Å². The van der Waals surface area contributed by atoms with Gasteiger partial charge in [0.2, 0.25) is 5.91 Å². The summed E-state index contributed by atoms with van der Waals surface area (Å²) in [4.78, 5) is 13.2. The van der Waals surface area contributed by atoms with Crippen LogP contribution in [0.2, 0.25) is 0 Å². The maximum atomic E-state index is 11.7. The summed E-state index contributed by atoms with van der Waals surface area (Å²) in [7, 11) is -3.04. The molecule has 96 valence electrons. The lowest BCUT2D eigenvalue weighted by Crippen LogP contribution is -2.57. The van der Waals surface area contributed by atoms with E-state index in [1.807, 2.05) is 0 Å². The van der Waals surface area contributed by atoms with Crippen LogP contribution < -0.4 is 5.73 Å². The molecule has 5 nitrogen and oxygen atoms in total. The lowest BCUT2D eigenvalue weighted by atomic mass is 10.2. The molecular formula is C9H19ClN2O3S. The largest absolute Gasteiger partial charge is 0.336 e. The van der Waals surface area contributed by atoms with Crippen LogP contribution >= 0.6 is 12.4 Å². The van der Waals surface area contributed by atoms with Crippen LogP contribution in [0.25, 0.3) is 0 Å². The molecule has 1 saturated heterocycles. The van der Waals surface area contributed by atoms with E-state index in [1.165, 1.54) is 0 Å². The van der Waals surface area contributed by atoms with E-state index in [9.17, 15) is 13.2 Å². The molecule has 1 aliphatic heterocycles. The average molecular weight is 271 g/mol. The maximum Gasteiger partial charge on any atom is 0.239 e. The number of hydrogen-bond acceptors (Lipinski definition) is 4. The Morgan fingerprint density at radius 1 is 1.44 bits per heavy atom. The van der Waals surface area contributed by atoms with Crippen LogP contribution in [0, 0.1) is 0 Å². The smallest absolute Gasteiger partial charge is 0.239 e. The van der Waals surface area contributed by atoms with Crippen molar-refractivity contribution in [2.45, 2.75) is 38.1 Å². The third-order valence-electron chi connectivity index (χ3n) is 3.03. The summed E-state index contributed by atoms with van der Waals surface area (Å²) < 4.78 is 23.1. The maximum absolute atomic E-state index is 11.7. The first-order chi connectivity index (χ1) is 6.77. The van der Waals surface area contributed by atoms with Gasteiger partial charge in [-0.1, -0.05) is 0 Å². The zero-order valence-electron chi connectivity index (χ0n) is 9.71. The molecule has 0 spiro atoms. The molecule has 1 aliphatic rings. The first-order valence-electron chi connectivity index (χ1n) is 5.05. The van der Waals surface area contributed by atoms with Gasteiger partial charge in [0.15, 0.2) is 9.84 Å². The van der Waals surface area contributed by atoms with E-state index in [-0.39, 0.29) is 36.7 Å².